The Bertz CT molecular complexity index is 155. The molecule has 2 aliphatic carbocycles. The quantitative estimate of drug-likeness (QED) is 0.687. The Morgan fingerprint density at radius 2 is 2.17 bits per heavy atom. The molecule has 2 saturated carbocycles. The van der Waals surface area contributed by atoms with Crippen LogP contribution in [0.15, 0.2) is 0 Å². The predicted molar refractivity (Wildman–Crippen MR) is 51.8 cm³/mol. The average Bonchev–Trinajstić information content (AvgIpc) is 2.64. The number of fused-ring (bicyclic) bond motifs is 2. The molecule has 1 heteroatoms. The van der Waals surface area contributed by atoms with E-state index >= 15 is 0 Å². The lowest BCUT2D eigenvalue weighted by atomic mass is 9.82. The van der Waals surface area contributed by atoms with E-state index in [4.69, 9.17) is 5.73 Å². The van der Waals surface area contributed by atoms with Gasteiger partial charge in [-0.25, -0.2) is 0 Å². The van der Waals surface area contributed by atoms with Crippen LogP contribution in [0.25, 0.3) is 0 Å². The molecule has 1 nitrogen and oxygen atoms in total. The molecule has 0 aliphatic heterocycles. The zero-order chi connectivity index (χ0) is 8.55. The van der Waals surface area contributed by atoms with Gasteiger partial charge in [-0.1, -0.05) is 19.8 Å². The minimum Gasteiger partial charge on any atom is -0.327 e. The summed E-state index contributed by atoms with van der Waals surface area (Å²) in [5.41, 5.74) is 6.18. The molecule has 4 unspecified atom stereocenters. The van der Waals surface area contributed by atoms with E-state index in [1.807, 2.05) is 0 Å². The maximum absolute atomic E-state index is 6.18. The maximum atomic E-state index is 6.18. The molecule has 2 bridgehead atoms. The van der Waals surface area contributed by atoms with Gasteiger partial charge in [-0.3, -0.25) is 0 Å². The molecule has 0 spiro atoms. The molecule has 0 aromatic rings. The molecule has 2 fully saturated rings. The lowest BCUT2D eigenvalue weighted by Gasteiger charge is -2.27. The van der Waals surface area contributed by atoms with E-state index in [9.17, 15) is 0 Å². The van der Waals surface area contributed by atoms with Crippen LogP contribution in [-0.2, 0) is 0 Å². The molecular weight excluding hydrogens is 146 g/mol. The summed E-state index contributed by atoms with van der Waals surface area (Å²) in [4.78, 5) is 0. The van der Waals surface area contributed by atoms with Crippen molar-refractivity contribution in [1.29, 1.82) is 0 Å². The first-order valence-corrected chi connectivity index (χ1v) is 5.56. The van der Waals surface area contributed by atoms with Crippen LogP contribution in [0.3, 0.4) is 0 Å². The fraction of sp³-hybridized carbons (Fsp3) is 1.00. The third-order valence-electron chi connectivity index (χ3n) is 3.96. The van der Waals surface area contributed by atoms with Crippen molar-refractivity contribution in [3.63, 3.8) is 0 Å². The van der Waals surface area contributed by atoms with E-state index in [1.165, 1.54) is 38.5 Å². The molecule has 2 N–H and O–H groups in total. The summed E-state index contributed by atoms with van der Waals surface area (Å²) in [6, 6.07) is 0.519. The molecule has 0 aromatic heterocycles. The Kier molecular flexibility index (Phi) is 2.40. The van der Waals surface area contributed by atoms with E-state index in [-0.39, 0.29) is 0 Å². The molecular formula is C11H21N. The lowest BCUT2D eigenvalue weighted by molar-refractivity contribution is 0.271. The SMILES string of the molecule is CCCC(N)C1CC2CCC1C2. The van der Waals surface area contributed by atoms with Crippen molar-refractivity contribution in [2.24, 2.45) is 23.5 Å². The van der Waals surface area contributed by atoms with Crippen LogP contribution in [0.4, 0.5) is 0 Å². The largest absolute Gasteiger partial charge is 0.327 e. The number of hydrogen-bond acceptors (Lipinski definition) is 1. The molecule has 0 radical (unpaired) electrons. The first-order chi connectivity index (χ1) is 5.81. The topological polar surface area (TPSA) is 26.0 Å². The second-order valence-corrected chi connectivity index (χ2v) is 4.79. The molecule has 0 aromatic carbocycles. The van der Waals surface area contributed by atoms with E-state index in [1.54, 1.807) is 0 Å². The minimum atomic E-state index is 0.519. The van der Waals surface area contributed by atoms with E-state index in [2.05, 4.69) is 6.92 Å². The fourth-order valence-corrected chi connectivity index (χ4v) is 3.37. The molecule has 4 atom stereocenters. The average molecular weight is 167 g/mol. The van der Waals surface area contributed by atoms with Crippen LogP contribution < -0.4 is 5.73 Å². The zero-order valence-electron chi connectivity index (χ0n) is 8.13. The van der Waals surface area contributed by atoms with Gasteiger partial charge in [0.2, 0.25) is 0 Å². The Morgan fingerprint density at radius 3 is 2.67 bits per heavy atom. The summed E-state index contributed by atoms with van der Waals surface area (Å²) in [5, 5.41) is 0. The van der Waals surface area contributed by atoms with Crippen LogP contribution in [0.1, 0.15) is 45.4 Å². The van der Waals surface area contributed by atoms with Crippen LogP contribution in [0, 0.1) is 17.8 Å². The van der Waals surface area contributed by atoms with Gasteiger partial charge >= 0.3 is 0 Å². The van der Waals surface area contributed by atoms with E-state index in [0.717, 1.165) is 17.8 Å². The number of rotatable bonds is 3. The third kappa shape index (κ3) is 1.39. The summed E-state index contributed by atoms with van der Waals surface area (Å²) >= 11 is 0. The van der Waals surface area contributed by atoms with Crippen molar-refractivity contribution in [3.8, 4) is 0 Å². The van der Waals surface area contributed by atoms with Crippen molar-refractivity contribution >= 4 is 0 Å². The zero-order valence-corrected chi connectivity index (χ0v) is 8.13. The molecule has 2 rings (SSSR count). The van der Waals surface area contributed by atoms with Gasteiger partial charge in [-0.05, 0) is 43.4 Å². The van der Waals surface area contributed by atoms with Gasteiger partial charge in [-0.2, -0.15) is 0 Å². The standard InChI is InChI=1S/C11H21N/c1-2-3-11(12)10-7-8-4-5-9(10)6-8/h8-11H,2-7,12H2,1H3. The Morgan fingerprint density at radius 1 is 1.33 bits per heavy atom. The summed E-state index contributed by atoms with van der Waals surface area (Å²) in [6.45, 7) is 2.24. The molecule has 70 valence electrons. The molecule has 0 saturated heterocycles. The Balaban J connectivity index is 1.89. The van der Waals surface area contributed by atoms with Crippen molar-refractivity contribution in [3.05, 3.63) is 0 Å². The van der Waals surface area contributed by atoms with Crippen molar-refractivity contribution in [1.82, 2.24) is 0 Å². The summed E-state index contributed by atoms with van der Waals surface area (Å²) in [7, 11) is 0. The van der Waals surface area contributed by atoms with Crippen molar-refractivity contribution < 1.29 is 0 Å². The van der Waals surface area contributed by atoms with Crippen molar-refractivity contribution in [2.45, 2.75) is 51.5 Å². The second kappa shape index (κ2) is 3.37. The van der Waals surface area contributed by atoms with Gasteiger partial charge in [-0.15, -0.1) is 0 Å². The lowest BCUT2D eigenvalue weighted by Crippen LogP contribution is -2.33. The first kappa shape index (κ1) is 8.55. The molecule has 12 heavy (non-hydrogen) atoms. The highest BCUT2D eigenvalue weighted by Crippen LogP contribution is 2.49. The third-order valence-corrected chi connectivity index (χ3v) is 3.96. The van der Waals surface area contributed by atoms with Crippen molar-refractivity contribution in [2.75, 3.05) is 0 Å². The number of hydrogen-bond donors (Lipinski definition) is 1. The van der Waals surface area contributed by atoms with Gasteiger partial charge < -0.3 is 5.73 Å². The Labute approximate surface area is 75.7 Å². The highest BCUT2D eigenvalue weighted by Gasteiger charge is 2.41. The van der Waals surface area contributed by atoms with Gasteiger partial charge in [0.25, 0.3) is 0 Å². The molecule has 2 aliphatic rings. The predicted octanol–water partition coefficient (Wildman–Crippen LogP) is 2.55. The van der Waals surface area contributed by atoms with Gasteiger partial charge in [0, 0.05) is 6.04 Å². The van der Waals surface area contributed by atoms with Crippen LogP contribution in [0.2, 0.25) is 0 Å². The first-order valence-electron chi connectivity index (χ1n) is 5.56. The van der Waals surface area contributed by atoms with Crippen LogP contribution in [0.5, 0.6) is 0 Å². The molecule has 0 heterocycles. The van der Waals surface area contributed by atoms with E-state index in [0.29, 0.717) is 6.04 Å². The van der Waals surface area contributed by atoms with Gasteiger partial charge in [0.05, 0.1) is 0 Å². The highest BCUT2D eigenvalue weighted by atomic mass is 14.7. The summed E-state index contributed by atoms with van der Waals surface area (Å²) < 4.78 is 0. The van der Waals surface area contributed by atoms with Crippen LogP contribution >= 0.6 is 0 Å². The number of nitrogens with two attached hydrogens (primary N) is 1. The summed E-state index contributed by atoms with van der Waals surface area (Å²) in [5.74, 6) is 2.96. The maximum Gasteiger partial charge on any atom is 0.00698 e. The highest BCUT2D eigenvalue weighted by molar-refractivity contribution is 4.94. The normalized spacial score (nSPS) is 42.0. The van der Waals surface area contributed by atoms with Gasteiger partial charge in [0.1, 0.15) is 0 Å². The fourth-order valence-electron chi connectivity index (χ4n) is 3.37. The second-order valence-electron chi connectivity index (χ2n) is 4.79. The van der Waals surface area contributed by atoms with Crippen LogP contribution in [-0.4, -0.2) is 6.04 Å². The van der Waals surface area contributed by atoms with E-state index < -0.39 is 0 Å². The molecule has 0 amide bonds. The summed E-state index contributed by atoms with van der Waals surface area (Å²) in [6.07, 6.45) is 8.43. The van der Waals surface area contributed by atoms with Gasteiger partial charge in [0.15, 0.2) is 0 Å². The smallest absolute Gasteiger partial charge is 0.00698 e. The Hall–Kier alpha value is -0.0400. The minimum absolute atomic E-state index is 0.519. The monoisotopic (exact) mass is 167 g/mol.